The third-order valence-electron chi connectivity index (χ3n) is 3.46. The summed E-state index contributed by atoms with van der Waals surface area (Å²) in [6, 6.07) is 11.5. The van der Waals surface area contributed by atoms with Crippen molar-refractivity contribution >= 4 is 39.1 Å². The second kappa shape index (κ2) is 7.80. The number of carbonyl (C=O) groups excluding carboxylic acids is 1. The van der Waals surface area contributed by atoms with Crippen molar-refractivity contribution < 1.29 is 13.6 Å². The Morgan fingerprint density at radius 3 is 2.84 bits per heavy atom. The van der Waals surface area contributed by atoms with Gasteiger partial charge in [0.25, 0.3) is 0 Å². The van der Waals surface area contributed by atoms with Gasteiger partial charge in [-0.15, -0.1) is 0 Å². The summed E-state index contributed by atoms with van der Waals surface area (Å²) in [6.07, 6.45) is 1.93. The Hall–Kier alpha value is -2.18. The van der Waals surface area contributed by atoms with Gasteiger partial charge in [0.1, 0.15) is 5.82 Å². The lowest BCUT2D eigenvalue weighted by Gasteiger charge is -2.06. The van der Waals surface area contributed by atoms with Gasteiger partial charge in [-0.3, -0.25) is 4.79 Å². The lowest BCUT2D eigenvalue weighted by molar-refractivity contribution is -0.116. The molecule has 0 saturated heterocycles. The van der Waals surface area contributed by atoms with Crippen LogP contribution >= 0.6 is 27.5 Å². The molecule has 0 atom stereocenters. The molecule has 0 aliphatic rings. The number of benzene rings is 2. The first kappa shape index (κ1) is 17.6. The van der Waals surface area contributed by atoms with Gasteiger partial charge in [0.05, 0.1) is 22.5 Å². The SMILES string of the molecule is O=C(CCc1ncc(-c2ccccc2F)o1)Nc1ccc(Br)cc1Cl. The molecule has 3 aromatic rings. The van der Waals surface area contributed by atoms with Crippen LogP contribution in [0.3, 0.4) is 0 Å². The van der Waals surface area contributed by atoms with E-state index in [1.807, 2.05) is 0 Å². The van der Waals surface area contributed by atoms with Crippen LogP contribution in [0.4, 0.5) is 10.1 Å². The van der Waals surface area contributed by atoms with Crippen LogP contribution in [0.25, 0.3) is 11.3 Å². The number of oxazole rings is 1. The largest absolute Gasteiger partial charge is 0.441 e. The molecule has 0 radical (unpaired) electrons. The van der Waals surface area contributed by atoms with Crippen molar-refractivity contribution in [2.75, 3.05) is 5.32 Å². The molecule has 4 nitrogen and oxygen atoms in total. The number of halogens is 3. The number of aromatic nitrogens is 1. The number of hydrogen-bond acceptors (Lipinski definition) is 3. The van der Waals surface area contributed by atoms with E-state index in [1.165, 1.54) is 12.3 Å². The second-order valence-corrected chi connectivity index (χ2v) is 6.59. The van der Waals surface area contributed by atoms with Crippen LogP contribution < -0.4 is 5.32 Å². The lowest BCUT2D eigenvalue weighted by atomic mass is 10.2. The van der Waals surface area contributed by atoms with E-state index in [1.54, 1.807) is 36.4 Å². The van der Waals surface area contributed by atoms with Gasteiger partial charge < -0.3 is 9.73 Å². The third kappa shape index (κ3) is 4.46. The average molecular weight is 424 g/mol. The number of amides is 1. The van der Waals surface area contributed by atoms with Gasteiger partial charge in [0.15, 0.2) is 11.7 Å². The third-order valence-corrected chi connectivity index (χ3v) is 4.27. The molecule has 128 valence electrons. The summed E-state index contributed by atoms with van der Waals surface area (Å²) in [5.74, 6) is 0.113. The van der Waals surface area contributed by atoms with Crippen molar-refractivity contribution in [1.82, 2.24) is 4.98 Å². The standard InChI is InChI=1S/C18H13BrClFN2O2/c19-11-5-6-15(13(20)9-11)23-17(24)7-8-18-22-10-16(25-18)12-3-1-2-4-14(12)21/h1-6,9-10H,7-8H2,(H,23,24). The summed E-state index contributed by atoms with van der Waals surface area (Å²) in [7, 11) is 0. The summed E-state index contributed by atoms with van der Waals surface area (Å²) < 4.78 is 20.1. The minimum Gasteiger partial charge on any atom is -0.441 e. The van der Waals surface area contributed by atoms with Crippen molar-refractivity contribution in [3.8, 4) is 11.3 Å². The molecule has 0 saturated carbocycles. The van der Waals surface area contributed by atoms with Gasteiger partial charge in [-0.1, -0.05) is 39.7 Å². The molecule has 0 spiro atoms. The number of anilines is 1. The number of hydrogen-bond donors (Lipinski definition) is 1. The van der Waals surface area contributed by atoms with Crippen LogP contribution in [0.2, 0.25) is 5.02 Å². The lowest BCUT2D eigenvalue weighted by Crippen LogP contribution is -2.12. The number of aryl methyl sites for hydroxylation is 1. The van der Waals surface area contributed by atoms with Gasteiger partial charge in [-0.05, 0) is 30.3 Å². The average Bonchev–Trinajstić information content (AvgIpc) is 3.05. The van der Waals surface area contributed by atoms with Crippen LogP contribution in [-0.4, -0.2) is 10.9 Å². The van der Waals surface area contributed by atoms with Crippen molar-refractivity contribution in [1.29, 1.82) is 0 Å². The fourth-order valence-electron chi connectivity index (χ4n) is 2.24. The smallest absolute Gasteiger partial charge is 0.224 e. The highest BCUT2D eigenvalue weighted by Gasteiger charge is 2.12. The Morgan fingerprint density at radius 1 is 1.28 bits per heavy atom. The summed E-state index contributed by atoms with van der Waals surface area (Å²) in [5.41, 5.74) is 0.877. The molecular weight excluding hydrogens is 411 g/mol. The van der Waals surface area contributed by atoms with Crippen molar-refractivity contribution in [3.63, 3.8) is 0 Å². The van der Waals surface area contributed by atoms with Crippen molar-refractivity contribution in [2.24, 2.45) is 0 Å². The normalized spacial score (nSPS) is 10.7. The van der Waals surface area contributed by atoms with Crippen LogP contribution in [0.1, 0.15) is 12.3 Å². The van der Waals surface area contributed by atoms with Crippen LogP contribution in [0, 0.1) is 5.82 Å². The molecule has 0 aliphatic heterocycles. The molecule has 1 amide bonds. The Bertz CT molecular complexity index is 914. The first-order valence-electron chi connectivity index (χ1n) is 7.47. The van der Waals surface area contributed by atoms with Crippen LogP contribution in [0.15, 0.2) is 57.6 Å². The van der Waals surface area contributed by atoms with E-state index in [2.05, 4.69) is 26.2 Å². The molecule has 0 aliphatic carbocycles. The number of rotatable bonds is 5. The van der Waals surface area contributed by atoms with E-state index < -0.39 is 0 Å². The Kier molecular flexibility index (Phi) is 5.50. The minimum absolute atomic E-state index is 0.170. The summed E-state index contributed by atoms with van der Waals surface area (Å²) in [6.45, 7) is 0. The van der Waals surface area contributed by atoms with Crippen LogP contribution in [-0.2, 0) is 11.2 Å². The Balaban J connectivity index is 1.60. The van der Waals surface area contributed by atoms with E-state index in [-0.39, 0.29) is 18.1 Å². The first-order chi connectivity index (χ1) is 12.0. The zero-order chi connectivity index (χ0) is 17.8. The summed E-state index contributed by atoms with van der Waals surface area (Å²) >= 11 is 9.37. The van der Waals surface area contributed by atoms with E-state index >= 15 is 0 Å². The number of carbonyl (C=O) groups is 1. The second-order valence-electron chi connectivity index (χ2n) is 5.27. The summed E-state index contributed by atoms with van der Waals surface area (Å²) in [5, 5.41) is 3.18. The fourth-order valence-corrected chi connectivity index (χ4v) is 2.96. The molecule has 25 heavy (non-hydrogen) atoms. The highest BCUT2D eigenvalue weighted by Crippen LogP contribution is 2.26. The minimum atomic E-state index is -0.382. The van der Waals surface area contributed by atoms with E-state index in [9.17, 15) is 9.18 Å². The zero-order valence-corrected chi connectivity index (χ0v) is 15.3. The quantitative estimate of drug-likeness (QED) is 0.592. The molecule has 0 bridgehead atoms. The van der Waals surface area contributed by atoms with E-state index in [4.69, 9.17) is 16.0 Å². The topological polar surface area (TPSA) is 55.1 Å². The summed E-state index contributed by atoms with van der Waals surface area (Å²) in [4.78, 5) is 16.1. The van der Waals surface area contributed by atoms with E-state index in [0.29, 0.717) is 34.3 Å². The molecule has 3 rings (SSSR count). The fraction of sp³-hybridized carbons (Fsp3) is 0.111. The molecule has 7 heteroatoms. The number of nitrogens with one attached hydrogen (secondary N) is 1. The van der Waals surface area contributed by atoms with Crippen molar-refractivity contribution in [3.05, 3.63) is 69.9 Å². The molecule has 1 aromatic heterocycles. The Morgan fingerprint density at radius 2 is 2.08 bits per heavy atom. The monoisotopic (exact) mass is 422 g/mol. The van der Waals surface area contributed by atoms with Gasteiger partial charge in [-0.2, -0.15) is 0 Å². The first-order valence-corrected chi connectivity index (χ1v) is 8.64. The zero-order valence-electron chi connectivity index (χ0n) is 12.9. The molecule has 0 unspecified atom stereocenters. The predicted octanol–water partition coefficient (Wildman–Crippen LogP) is 5.47. The number of nitrogens with zero attached hydrogens (tertiary/aromatic N) is 1. The van der Waals surface area contributed by atoms with Crippen molar-refractivity contribution in [2.45, 2.75) is 12.8 Å². The van der Waals surface area contributed by atoms with Crippen LogP contribution in [0.5, 0.6) is 0 Å². The molecule has 1 N–H and O–H groups in total. The van der Waals surface area contributed by atoms with E-state index in [0.717, 1.165) is 4.47 Å². The predicted molar refractivity (Wildman–Crippen MR) is 98.0 cm³/mol. The van der Waals surface area contributed by atoms with Gasteiger partial charge in [0.2, 0.25) is 5.91 Å². The Labute approximate surface area is 157 Å². The van der Waals surface area contributed by atoms with Gasteiger partial charge in [-0.25, -0.2) is 9.37 Å². The van der Waals surface area contributed by atoms with Gasteiger partial charge >= 0.3 is 0 Å². The van der Waals surface area contributed by atoms with Gasteiger partial charge in [0, 0.05) is 17.3 Å². The molecular formula is C18H13BrClFN2O2. The maximum atomic E-state index is 13.7. The maximum absolute atomic E-state index is 13.7. The molecule has 1 heterocycles. The molecule has 0 fully saturated rings. The maximum Gasteiger partial charge on any atom is 0.224 e. The highest BCUT2D eigenvalue weighted by molar-refractivity contribution is 9.10. The highest BCUT2D eigenvalue weighted by atomic mass is 79.9. The molecule has 2 aromatic carbocycles.